The second kappa shape index (κ2) is 7.53. The van der Waals surface area contributed by atoms with Gasteiger partial charge in [0.2, 0.25) is 5.95 Å². The number of likely N-dealkylation sites (tertiary alicyclic amines) is 1. The average Bonchev–Trinajstić information content (AvgIpc) is 3.25. The Balaban J connectivity index is 1.60. The van der Waals surface area contributed by atoms with Crippen molar-refractivity contribution in [3.8, 4) is 0 Å². The molecule has 2 aliphatic rings. The number of nitrogens with zero attached hydrogens (tertiary/aromatic N) is 4. The van der Waals surface area contributed by atoms with Gasteiger partial charge in [0.1, 0.15) is 6.10 Å². The van der Waals surface area contributed by atoms with Crippen LogP contribution in [-0.4, -0.2) is 78.7 Å². The number of H-pyrrole nitrogens is 1. The zero-order chi connectivity index (χ0) is 18.0. The number of amides is 1. The lowest BCUT2D eigenvalue weighted by Crippen LogP contribution is -2.40. The van der Waals surface area contributed by atoms with Crippen LogP contribution in [0.1, 0.15) is 25.0 Å². The van der Waals surface area contributed by atoms with Gasteiger partial charge in [0.05, 0.1) is 5.69 Å². The summed E-state index contributed by atoms with van der Waals surface area (Å²) in [5.74, 6) is 0.676. The minimum Gasteiger partial charge on any atom is -0.368 e. The van der Waals surface area contributed by atoms with E-state index in [1.54, 1.807) is 4.90 Å². The number of rotatable bonds is 5. The molecular weight excluding hydrogens is 322 g/mol. The fourth-order valence-corrected chi connectivity index (χ4v) is 3.45. The first-order valence-corrected chi connectivity index (χ1v) is 8.82. The molecule has 2 saturated heterocycles. The van der Waals surface area contributed by atoms with E-state index in [-0.39, 0.29) is 23.6 Å². The van der Waals surface area contributed by atoms with Crippen molar-refractivity contribution in [2.45, 2.75) is 38.0 Å². The Morgan fingerprint density at radius 3 is 2.88 bits per heavy atom. The first kappa shape index (κ1) is 17.9. The largest absolute Gasteiger partial charge is 0.368 e. The molecule has 1 aromatic heterocycles. The lowest BCUT2D eigenvalue weighted by atomic mass is 10.2. The van der Waals surface area contributed by atoms with Gasteiger partial charge in [0.15, 0.2) is 0 Å². The zero-order valence-electron chi connectivity index (χ0n) is 15.2. The van der Waals surface area contributed by atoms with Gasteiger partial charge in [-0.05, 0) is 26.3 Å². The van der Waals surface area contributed by atoms with E-state index in [2.05, 4.69) is 14.9 Å². The molecule has 0 unspecified atom stereocenters. The minimum absolute atomic E-state index is 0.123. The van der Waals surface area contributed by atoms with Gasteiger partial charge in [-0.1, -0.05) is 0 Å². The maximum absolute atomic E-state index is 12.5. The third kappa shape index (κ3) is 4.19. The molecule has 0 radical (unpaired) electrons. The summed E-state index contributed by atoms with van der Waals surface area (Å²) < 4.78 is 5.51. The molecule has 2 fully saturated rings. The number of hydrogen-bond acceptors (Lipinski definition) is 6. The van der Waals surface area contributed by atoms with Gasteiger partial charge in [-0.3, -0.25) is 19.5 Å². The van der Waals surface area contributed by atoms with Crippen LogP contribution in [0.2, 0.25) is 0 Å². The highest BCUT2D eigenvalue weighted by atomic mass is 16.5. The predicted octanol–water partition coefficient (Wildman–Crippen LogP) is 0.0476. The van der Waals surface area contributed by atoms with Crippen molar-refractivity contribution in [1.82, 2.24) is 19.8 Å². The summed E-state index contributed by atoms with van der Waals surface area (Å²) in [5, 5.41) is 0. The number of carbonyl (C=O) groups is 1. The zero-order valence-corrected chi connectivity index (χ0v) is 15.2. The Kier molecular flexibility index (Phi) is 5.39. The average molecular weight is 349 g/mol. The highest BCUT2D eigenvalue weighted by molar-refractivity contribution is 5.81. The van der Waals surface area contributed by atoms with Crippen LogP contribution in [0.3, 0.4) is 0 Å². The van der Waals surface area contributed by atoms with E-state index in [0.717, 1.165) is 31.5 Å². The van der Waals surface area contributed by atoms with Gasteiger partial charge in [0, 0.05) is 52.4 Å². The molecule has 138 valence electrons. The second-order valence-electron chi connectivity index (χ2n) is 7.10. The normalized spacial score (nSPS) is 23.4. The van der Waals surface area contributed by atoms with Gasteiger partial charge in [0.25, 0.3) is 11.5 Å². The molecule has 3 rings (SSSR count). The van der Waals surface area contributed by atoms with Crippen LogP contribution in [-0.2, 0) is 16.1 Å². The lowest BCUT2D eigenvalue weighted by Gasteiger charge is -2.25. The monoisotopic (exact) mass is 349 g/mol. The van der Waals surface area contributed by atoms with Crippen LogP contribution >= 0.6 is 0 Å². The standard InChI is InChI=1S/C17H27N5O3/c1-20(2)17-18-12(9-15(23)19-17)10-21(3)13-6-7-22(11-13)16(24)14-5-4-8-25-14/h9,13-14H,4-8,10-11H2,1-3H3,(H,18,19,23)/t13-,14-/m1/s1. The Morgan fingerprint density at radius 2 is 2.20 bits per heavy atom. The minimum atomic E-state index is -0.249. The Labute approximate surface area is 147 Å². The summed E-state index contributed by atoms with van der Waals surface area (Å²) >= 11 is 0. The maximum atomic E-state index is 12.5. The molecule has 1 N–H and O–H groups in total. The van der Waals surface area contributed by atoms with Crippen LogP contribution in [0.5, 0.6) is 0 Å². The Hall–Kier alpha value is -1.93. The molecule has 1 amide bonds. The number of nitrogens with one attached hydrogen (secondary N) is 1. The van der Waals surface area contributed by atoms with Crippen molar-refractivity contribution >= 4 is 11.9 Å². The van der Waals surface area contributed by atoms with E-state index >= 15 is 0 Å². The topological polar surface area (TPSA) is 81.8 Å². The second-order valence-corrected chi connectivity index (χ2v) is 7.10. The van der Waals surface area contributed by atoms with Crippen LogP contribution in [0, 0.1) is 0 Å². The van der Waals surface area contributed by atoms with Crippen molar-refractivity contribution in [1.29, 1.82) is 0 Å². The first-order valence-electron chi connectivity index (χ1n) is 8.82. The summed E-state index contributed by atoms with van der Waals surface area (Å²) in [6, 6.07) is 1.81. The molecule has 2 aliphatic heterocycles. The number of aromatic amines is 1. The molecule has 3 heterocycles. The summed E-state index contributed by atoms with van der Waals surface area (Å²) in [4.78, 5) is 37.3. The van der Waals surface area contributed by atoms with E-state index < -0.39 is 0 Å². The van der Waals surface area contributed by atoms with Crippen molar-refractivity contribution < 1.29 is 9.53 Å². The summed E-state index contributed by atoms with van der Waals surface area (Å²) in [7, 11) is 5.71. The fraction of sp³-hybridized carbons (Fsp3) is 0.706. The van der Waals surface area contributed by atoms with E-state index in [1.165, 1.54) is 6.07 Å². The smallest absolute Gasteiger partial charge is 0.252 e. The Bertz CT molecular complexity index is 668. The number of ether oxygens (including phenoxy) is 1. The van der Waals surface area contributed by atoms with Gasteiger partial charge in [-0.25, -0.2) is 4.98 Å². The summed E-state index contributed by atoms with van der Waals surface area (Å²) in [6.45, 7) is 2.74. The van der Waals surface area contributed by atoms with Gasteiger partial charge >= 0.3 is 0 Å². The number of anilines is 1. The SMILES string of the molecule is CN(C)c1nc(CN(C)[C@@H]2CCN(C(=O)[C@H]3CCCO3)C2)cc(=O)[nH]1. The highest BCUT2D eigenvalue weighted by Crippen LogP contribution is 2.21. The van der Waals surface area contributed by atoms with Gasteiger partial charge in [-0.2, -0.15) is 0 Å². The summed E-state index contributed by atoms with van der Waals surface area (Å²) in [5.41, 5.74) is 0.586. The maximum Gasteiger partial charge on any atom is 0.252 e. The van der Waals surface area contributed by atoms with E-state index in [1.807, 2.05) is 26.0 Å². The fourth-order valence-electron chi connectivity index (χ4n) is 3.45. The molecule has 8 heteroatoms. The van der Waals surface area contributed by atoms with Crippen LogP contribution in [0.25, 0.3) is 0 Å². The third-order valence-corrected chi connectivity index (χ3v) is 4.92. The molecule has 2 atom stereocenters. The van der Waals surface area contributed by atoms with Crippen molar-refractivity contribution in [3.05, 3.63) is 22.1 Å². The predicted molar refractivity (Wildman–Crippen MR) is 94.6 cm³/mol. The van der Waals surface area contributed by atoms with E-state index in [0.29, 0.717) is 25.6 Å². The van der Waals surface area contributed by atoms with Crippen LogP contribution in [0.4, 0.5) is 5.95 Å². The molecule has 0 aliphatic carbocycles. The number of aromatic nitrogens is 2. The lowest BCUT2D eigenvalue weighted by molar-refractivity contribution is -0.140. The first-order chi connectivity index (χ1) is 11.9. The molecular formula is C17H27N5O3. The van der Waals surface area contributed by atoms with Crippen molar-refractivity contribution in [2.75, 3.05) is 45.7 Å². The van der Waals surface area contributed by atoms with Crippen LogP contribution < -0.4 is 10.5 Å². The van der Waals surface area contributed by atoms with Gasteiger partial charge in [-0.15, -0.1) is 0 Å². The molecule has 25 heavy (non-hydrogen) atoms. The van der Waals surface area contributed by atoms with Crippen LogP contribution in [0.15, 0.2) is 10.9 Å². The van der Waals surface area contributed by atoms with Crippen molar-refractivity contribution in [2.24, 2.45) is 0 Å². The van der Waals surface area contributed by atoms with E-state index in [9.17, 15) is 9.59 Å². The van der Waals surface area contributed by atoms with Crippen molar-refractivity contribution in [3.63, 3.8) is 0 Å². The quantitative estimate of drug-likeness (QED) is 0.809. The number of hydrogen-bond donors (Lipinski definition) is 1. The molecule has 0 bridgehead atoms. The molecule has 1 aromatic rings. The number of likely N-dealkylation sites (N-methyl/N-ethyl adjacent to an activating group) is 1. The molecule has 8 nitrogen and oxygen atoms in total. The summed E-state index contributed by atoms with van der Waals surface area (Å²) in [6.07, 6.45) is 2.48. The highest BCUT2D eigenvalue weighted by Gasteiger charge is 2.34. The molecule has 0 aromatic carbocycles. The number of carbonyl (C=O) groups excluding carboxylic acids is 1. The van der Waals surface area contributed by atoms with Gasteiger partial charge < -0.3 is 14.5 Å². The molecule has 0 saturated carbocycles. The third-order valence-electron chi connectivity index (χ3n) is 4.92. The molecule has 0 spiro atoms. The van der Waals surface area contributed by atoms with E-state index in [4.69, 9.17) is 4.74 Å². The Morgan fingerprint density at radius 1 is 1.40 bits per heavy atom.